The molecule has 0 aliphatic carbocycles. The molecule has 1 aromatic heterocycles. The number of aromatic nitrogens is 1. The van der Waals surface area contributed by atoms with Gasteiger partial charge in [-0.15, -0.1) is 0 Å². The zero-order valence-corrected chi connectivity index (χ0v) is 12.9. The van der Waals surface area contributed by atoms with Gasteiger partial charge in [-0.3, -0.25) is 19.8 Å². The maximum atomic E-state index is 12.6. The fraction of sp³-hybridized carbons (Fsp3) is 0.538. The molecule has 7 nitrogen and oxygen atoms in total. The lowest BCUT2D eigenvalue weighted by molar-refractivity contribution is -0.385. The van der Waals surface area contributed by atoms with Crippen LogP contribution in [0, 0.1) is 10.1 Å². The van der Waals surface area contributed by atoms with Crippen LogP contribution in [-0.2, 0) is 0 Å². The summed E-state index contributed by atoms with van der Waals surface area (Å²) >= 11 is 5.76. The molecule has 0 bridgehead atoms. The predicted octanol–water partition coefficient (Wildman–Crippen LogP) is 1.81. The van der Waals surface area contributed by atoms with E-state index in [0.717, 1.165) is 0 Å². The van der Waals surface area contributed by atoms with Crippen LogP contribution < -0.4 is 0 Å². The molecule has 2 heterocycles. The molecule has 114 valence electrons. The summed E-state index contributed by atoms with van der Waals surface area (Å²) in [5, 5.41) is 10.8. The van der Waals surface area contributed by atoms with Gasteiger partial charge in [0.2, 0.25) is 5.15 Å². The van der Waals surface area contributed by atoms with Gasteiger partial charge in [0.1, 0.15) is 5.56 Å². The molecule has 1 aliphatic heterocycles. The van der Waals surface area contributed by atoms with Gasteiger partial charge in [-0.2, -0.15) is 0 Å². The second-order valence-corrected chi connectivity index (χ2v) is 5.69. The van der Waals surface area contributed by atoms with Crippen molar-refractivity contribution in [3.63, 3.8) is 0 Å². The number of carbonyl (C=O) groups excluding carboxylic acids is 1. The summed E-state index contributed by atoms with van der Waals surface area (Å²) in [6.45, 7) is 5.08. The van der Waals surface area contributed by atoms with E-state index in [9.17, 15) is 14.9 Å². The first-order valence-corrected chi connectivity index (χ1v) is 7.00. The van der Waals surface area contributed by atoms with E-state index >= 15 is 0 Å². The number of nitro groups is 1. The van der Waals surface area contributed by atoms with Crippen LogP contribution in [0.25, 0.3) is 0 Å². The fourth-order valence-electron chi connectivity index (χ4n) is 2.52. The number of hydrogen-bond acceptors (Lipinski definition) is 5. The van der Waals surface area contributed by atoms with Crippen molar-refractivity contribution in [2.45, 2.75) is 25.9 Å². The topological polar surface area (TPSA) is 79.6 Å². The predicted molar refractivity (Wildman–Crippen MR) is 78.5 cm³/mol. The molecule has 21 heavy (non-hydrogen) atoms. The van der Waals surface area contributed by atoms with Gasteiger partial charge < -0.3 is 4.90 Å². The van der Waals surface area contributed by atoms with Crippen molar-refractivity contribution < 1.29 is 9.72 Å². The molecule has 2 atom stereocenters. The lowest BCUT2D eigenvalue weighted by Crippen LogP contribution is -2.56. The highest BCUT2D eigenvalue weighted by molar-refractivity contribution is 6.32. The minimum Gasteiger partial charge on any atom is -0.335 e. The number of rotatable bonds is 2. The minimum absolute atomic E-state index is 0.0102. The van der Waals surface area contributed by atoms with E-state index in [1.807, 2.05) is 20.9 Å². The molecule has 0 aromatic carbocycles. The summed E-state index contributed by atoms with van der Waals surface area (Å²) in [7, 11) is 2.00. The zero-order chi connectivity index (χ0) is 15.7. The average molecular weight is 313 g/mol. The lowest BCUT2D eigenvalue weighted by Gasteiger charge is -2.42. The molecule has 1 saturated heterocycles. The van der Waals surface area contributed by atoms with Gasteiger partial charge in [0.15, 0.2) is 0 Å². The number of pyridine rings is 1. The summed E-state index contributed by atoms with van der Waals surface area (Å²) in [5.41, 5.74) is -0.438. The van der Waals surface area contributed by atoms with Crippen molar-refractivity contribution >= 4 is 23.2 Å². The Hall–Kier alpha value is -1.73. The molecule has 0 radical (unpaired) electrons. The van der Waals surface area contributed by atoms with Crippen LogP contribution in [0.3, 0.4) is 0 Å². The van der Waals surface area contributed by atoms with Gasteiger partial charge in [-0.25, -0.2) is 4.98 Å². The Kier molecular flexibility index (Phi) is 4.43. The van der Waals surface area contributed by atoms with Crippen LogP contribution in [0.15, 0.2) is 12.3 Å². The standard InChI is InChI=1S/C13H17ClN4O3/c1-8-6-17(7-9(2)16(8)3)13(19)10-4-5-15-12(14)11(10)18(20)21/h4-5,8-9H,6-7H2,1-3H3. The fourth-order valence-corrected chi connectivity index (χ4v) is 2.74. The van der Waals surface area contributed by atoms with Crippen molar-refractivity contribution in [3.8, 4) is 0 Å². The van der Waals surface area contributed by atoms with Crippen LogP contribution in [-0.4, -0.2) is 57.8 Å². The van der Waals surface area contributed by atoms with Crippen molar-refractivity contribution in [2.24, 2.45) is 0 Å². The van der Waals surface area contributed by atoms with Gasteiger partial charge >= 0.3 is 5.69 Å². The number of amides is 1. The van der Waals surface area contributed by atoms with E-state index in [2.05, 4.69) is 9.88 Å². The normalized spacial score (nSPS) is 23.1. The molecular weight excluding hydrogens is 296 g/mol. The van der Waals surface area contributed by atoms with Gasteiger partial charge in [-0.1, -0.05) is 11.6 Å². The van der Waals surface area contributed by atoms with Crippen LogP contribution in [0.5, 0.6) is 0 Å². The monoisotopic (exact) mass is 312 g/mol. The van der Waals surface area contributed by atoms with Gasteiger partial charge in [0, 0.05) is 31.4 Å². The molecule has 1 aromatic rings. The smallest absolute Gasteiger partial charge is 0.319 e. The number of piperazine rings is 1. The number of nitrogens with zero attached hydrogens (tertiary/aromatic N) is 4. The van der Waals surface area contributed by atoms with Crippen molar-refractivity contribution in [1.29, 1.82) is 0 Å². The molecule has 2 unspecified atom stereocenters. The zero-order valence-electron chi connectivity index (χ0n) is 12.1. The van der Waals surface area contributed by atoms with Crippen molar-refractivity contribution in [2.75, 3.05) is 20.1 Å². The molecule has 0 spiro atoms. The summed E-state index contributed by atoms with van der Waals surface area (Å²) in [4.78, 5) is 30.5. The van der Waals surface area contributed by atoms with Gasteiger partial charge in [0.25, 0.3) is 5.91 Å². The van der Waals surface area contributed by atoms with Crippen LogP contribution in [0.1, 0.15) is 24.2 Å². The molecule has 1 amide bonds. The largest absolute Gasteiger partial charge is 0.335 e. The second-order valence-electron chi connectivity index (χ2n) is 5.33. The van der Waals surface area contributed by atoms with Crippen molar-refractivity contribution in [1.82, 2.24) is 14.8 Å². The Bertz CT molecular complexity index is 569. The lowest BCUT2D eigenvalue weighted by atomic mass is 10.1. The maximum Gasteiger partial charge on any atom is 0.319 e. The van der Waals surface area contributed by atoms with Crippen LogP contribution in [0.2, 0.25) is 5.15 Å². The molecule has 0 N–H and O–H groups in total. The Morgan fingerprint density at radius 2 is 2.00 bits per heavy atom. The molecule has 0 saturated carbocycles. The van der Waals surface area contributed by atoms with E-state index < -0.39 is 10.6 Å². The minimum atomic E-state index is -0.661. The molecule has 1 aliphatic rings. The molecule has 2 rings (SSSR count). The average Bonchev–Trinajstić information content (AvgIpc) is 2.42. The highest BCUT2D eigenvalue weighted by Crippen LogP contribution is 2.28. The number of likely N-dealkylation sites (N-methyl/N-ethyl adjacent to an activating group) is 1. The Morgan fingerprint density at radius 1 is 1.43 bits per heavy atom. The van der Waals surface area contributed by atoms with E-state index in [0.29, 0.717) is 13.1 Å². The first-order valence-electron chi connectivity index (χ1n) is 6.63. The highest BCUT2D eigenvalue weighted by atomic mass is 35.5. The third-order valence-corrected chi connectivity index (χ3v) is 4.22. The summed E-state index contributed by atoms with van der Waals surface area (Å²) in [6.07, 6.45) is 1.31. The van der Waals surface area contributed by atoms with E-state index in [-0.39, 0.29) is 28.7 Å². The van der Waals surface area contributed by atoms with Gasteiger partial charge in [-0.05, 0) is 27.0 Å². The summed E-state index contributed by atoms with van der Waals surface area (Å²) < 4.78 is 0. The third-order valence-electron chi connectivity index (χ3n) is 3.94. The SMILES string of the molecule is CC1CN(C(=O)c2ccnc(Cl)c2[N+](=O)[O-])CC(C)N1C. The highest BCUT2D eigenvalue weighted by Gasteiger charge is 2.33. The summed E-state index contributed by atoms with van der Waals surface area (Å²) in [5.74, 6) is -0.377. The Balaban J connectivity index is 2.33. The number of halogens is 1. The number of hydrogen-bond donors (Lipinski definition) is 0. The molecular formula is C13H17ClN4O3. The van der Waals surface area contributed by atoms with Gasteiger partial charge in [0.05, 0.1) is 4.92 Å². The summed E-state index contributed by atoms with van der Waals surface area (Å²) in [6, 6.07) is 1.73. The van der Waals surface area contributed by atoms with E-state index in [1.54, 1.807) is 4.90 Å². The van der Waals surface area contributed by atoms with E-state index in [4.69, 9.17) is 11.6 Å². The van der Waals surface area contributed by atoms with Crippen molar-refractivity contribution in [3.05, 3.63) is 33.1 Å². The number of carbonyl (C=O) groups is 1. The molecule has 1 fully saturated rings. The quantitative estimate of drug-likeness (QED) is 0.472. The first-order chi connectivity index (χ1) is 9.82. The van der Waals surface area contributed by atoms with Crippen LogP contribution in [0.4, 0.5) is 5.69 Å². The first kappa shape index (κ1) is 15.7. The second kappa shape index (κ2) is 5.95. The van der Waals surface area contributed by atoms with E-state index in [1.165, 1.54) is 12.3 Å². The van der Waals surface area contributed by atoms with Crippen LogP contribution >= 0.6 is 11.6 Å². The maximum absolute atomic E-state index is 12.6. The third kappa shape index (κ3) is 2.98. The molecule has 8 heteroatoms. The Morgan fingerprint density at radius 3 is 2.52 bits per heavy atom. The Labute approximate surface area is 127 Å².